The Hall–Kier alpha value is -1.96. The summed E-state index contributed by atoms with van der Waals surface area (Å²) in [5.74, 6) is -0.923. The minimum Gasteiger partial charge on any atom is -0.394 e. The van der Waals surface area contributed by atoms with Gasteiger partial charge in [0.2, 0.25) is 11.8 Å². The summed E-state index contributed by atoms with van der Waals surface area (Å²) in [7, 11) is 0. The van der Waals surface area contributed by atoms with Gasteiger partial charge in [-0.25, -0.2) is 0 Å². The molecule has 3 saturated heterocycles. The van der Waals surface area contributed by atoms with E-state index in [1.54, 1.807) is 6.08 Å². The summed E-state index contributed by atoms with van der Waals surface area (Å²) in [6.07, 6.45) is 13.9. The molecular weight excluding hydrogens is 1010 g/mol. The van der Waals surface area contributed by atoms with Gasteiger partial charge in [-0.1, -0.05) is 193 Å². The zero-order valence-electron chi connectivity index (χ0n) is 47.7. The van der Waals surface area contributed by atoms with E-state index in [0.717, 1.165) is 51.9 Å². The standard InChI is InChI=1S/C58H108N2O18/c1-4-6-8-10-12-14-16-18-19-20-21-23-25-27-29-31-33-35-46(66)60-41(42(65)34-32-30-28-26-24-22-17-15-13-11-9-7-5-2)39-73-57-52(71)50(69)55(44(37-62)75-57)78-58-53(72)51(70)54(45(38-63)76-58)77-56-47(59-40(3)64)49(68)48(67)43(36-61)74-56/h32,34,41-45,47-58,61-63,65,67-72H,4-31,33,35-39H2,1-3H3,(H,59,64)(H,60,66)/b34-32+/t41-,42+,43?,44?,45?,47?,48-,49+,50+,51+,52?,53?,54-,55+,56-,57+,58-/m0/s1. The van der Waals surface area contributed by atoms with Gasteiger partial charge in [0.1, 0.15) is 73.2 Å². The van der Waals surface area contributed by atoms with Crippen LogP contribution in [0.25, 0.3) is 0 Å². The SMILES string of the molecule is CCCCCCCCCCCCC/C=C/[C@@H](O)[C@H](CO[C@@H]1OC(CO)[C@@H](O[C@@H]2OC(CO)[C@H](O[C@@H]3OC(CO)[C@H](O)[C@H](O)C3NC(C)=O)[C@H](O)C2O)[C@H](O)C1O)NC(=O)CCCCCCCCCCCCCCCCCCC. The van der Waals surface area contributed by atoms with Gasteiger partial charge in [-0.3, -0.25) is 9.59 Å². The minimum absolute atomic E-state index is 0.244. The number of carbonyl (C=O) groups excluding carboxylic acids is 2. The summed E-state index contributed by atoms with van der Waals surface area (Å²) >= 11 is 0. The molecule has 0 aromatic carbocycles. The zero-order chi connectivity index (χ0) is 57.1. The maximum absolute atomic E-state index is 13.3. The van der Waals surface area contributed by atoms with E-state index in [1.807, 2.05) is 6.08 Å². The van der Waals surface area contributed by atoms with Crippen LogP contribution in [0.5, 0.6) is 0 Å². The number of rotatable bonds is 44. The summed E-state index contributed by atoms with van der Waals surface area (Å²) in [5.41, 5.74) is 0. The second-order valence-electron chi connectivity index (χ2n) is 22.2. The van der Waals surface area contributed by atoms with Gasteiger partial charge in [-0.05, 0) is 19.3 Å². The Morgan fingerprint density at radius 1 is 0.500 bits per heavy atom. The lowest BCUT2D eigenvalue weighted by Gasteiger charge is -2.48. The lowest BCUT2D eigenvalue weighted by molar-refractivity contribution is -0.374. The summed E-state index contributed by atoms with van der Waals surface area (Å²) in [4.78, 5) is 25.3. The molecule has 3 aliphatic rings. The van der Waals surface area contributed by atoms with Crippen LogP contribution in [0.3, 0.4) is 0 Å². The van der Waals surface area contributed by atoms with Crippen molar-refractivity contribution in [2.45, 2.75) is 318 Å². The third kappa shape index (κ3) is 26.1. The fourth-order valence-electron chi connectivity index (χ4n) is 10.6. The van der Waals surface area contributed by atoms with Crippen molar-refractivity contribution in [1.29, 1.82) is 0 Å². The number of amides is 2. The van der Waals surface area contributed by atoms with E-state index in [1.165, 1.54) is 135 Å². The van der Waals surface area contributed by atoms with Gasteiger partial charge in [0, 0.05) is 13.3 Å². The van der Waals surface area contributed by atoms with Crippen LogP contribution >= 0.6 is 0 Å². The molecule has 0 aromatic rings. The molecule has 12 N–H and O–H groups in total. The molecular formula is C58H108N2O18. The molecule has 3 heterocycles. The second-order valence-corrected chi connectivity index (χ2v) is 22.2. The number of nitrogens with one attached hydrogen (secondary N) is 2. The highest BCUT2D eigenvalue weighted by atomic mass is 16.8. The first-order valence-corrected chi connectivity index (χ1v) is 30.4. The molecule has 2 amide bonds. The van der Waals surface area contributed by atoms with E-state index in [-0.39, 0.29) is 18.9 Å². The summed E-state index contributed by atoms with van der Waals surface area (Å²) in [6.45, 7) is 2.83. The highest BCUT2D eigenvalue weighted by molar-refractivity contribution is 5.76. The monoisotopic (exact) mass is 1120 g/mol. The number of carbonyl (C=O) groups is 2. The highest BCUT2D eigenvalue weighted by Gasteiger charge is 2.54. The Morgan fingerprint density at radius 2 is 0.897 bits per heavy atom. The van der Waals surface area contributed by atoms with Gasteiger partial charge < -0.3 is 90.1 Å². The van der Waals surface area contributed by atoms with Gasteiger partial charge in [-0.15, -0.1) is 0 Å². The van der Waals surface area contributed by atoms with Crippen molar-refractivity contribution in [2.24, 2.45) is 0 Å². The molecule has 78 heavy (non-hydrogen) atoms. The predicted octanol–water partition coefficient (Wildman–Crippen LogP) is 4.74. The van der Waals surface area contributed by atoms with Crippen molar-refractivity contribution in [3.8, 4) is 0 Å². The molecule has 458 valence electrons. The van der Waals surface area contributed by atoms with Crippen LogP contribution < -0.4 is 10.6 Å². The molecule has 0 radical (unpaired) electrons. The van der Waals surface area contributed by atoms with Crippen molar-refractivity contribution >= 4 is 11.8 Å². The summed E-state index contributed by atoms with van der Waals surface area (Å²) < 4.78 is 34.8. The molecule has 0 aromatic heterocycles. The third-order valence-electron chi connectivity index (χ3n) is 15.5. The first-order valence-electron chi connectivity index (χ1n) is 30.4. The predicted molar refractivity (Wildman–Crippen MR) is 294 cm³/mol. The molecule has 0 bridgehead atoms. The molecule has 6 unspecified atom stereocenters. The van der Waals surface area contributed by atoms with E-state index in [0.29, 0.717) is 6.42 Å². The number of ether oxygens (including phenoxy) is 6. The number of allylic oxidation sites excluding steroid dienone is 1. The fraction of sp³-hybridized carbons (Fsp3) is 0.931. The Bertz CT molecular complexity index is 1550. The molecule has 20 nitrogen and oxygen atoms in total. The molecule has 3 aliphatic heterocycles. The first-order chi connectivity index (χ1) is 37.7. The summed E-state index contributed by atoms with van der Waals surface area (Å²) in [6, 6.07) is -2.40. The van der Waals surface area contributed by atoms with Crippen LogP contribution in [0.15, 0.2) is 12.2 Å². The lowest BCUT2D eigenvalue weighted by atomic mass is 9.95. The van der Waals surface area contributed by atoms with Crippen LogP contribution in [0.4, 0.5) is 0 Å². The van der Waals surface area contributed by atoms with Gasteiger partial charge >= 0.3 is 0 Å². The lowest BCUT2D eigenvalue weighted by Crippen LogP contribution is -2.68. The van der Waals surface area contributed by atoms with Crippen LogP contribution in [-0.4, -0.2) is 194 Å². The molecule has 3 rings (SSSR count). The Balaban J connectivity index is 1.54. The van der Waals surface area contributed by atoms with Crippen molar-refractivity contribution in [3.63, 3.8) is 0 Å². The van der Waals surface area contributed by atoms with E-state index in [9.17, 15) is 60.7 Å². The molecule has 17 atom stereocenters. The van der Waals surface area contributed by atoms with Crippen molar-refractivity contribution < 1.29 is 89.1 Å². The maximum atomic E-state index is 13.3. The average Bonchev–Trinajstić information content (AvgIpc) is 3.43. The smallest absolute Gasteiger partial charge is 0.220 e. The first kappa shape index (κ1) is 70.3. The van der Waals surface area contributed by atoms with Gasteiger partial charge in [0.15, 0.2) is 18.9 Å². The van der Waals surface area contributed by atoms with E-state index in [2.05, 4.69) is 24.5 Å². The van der Waals surface area contributed by atoms with Gasteiger partial charge in [0.25, 0.3) is 0 Å². The van der Waals surface area contributed by atoms with Crippen LogP contribution in [-0.2, 0) is 38.0 Å². The molecule has 3 fully saturated rings. The maximum Gasteiger partial charge on any atom is 0.220 e. The molecule has 0 spiro atoms. The Kier molecular flexibility index (Phi) is 37.8. The third-order valence-corrected chi connectivity index (χ3v) is 15.5. The average molecular weight is 1120 g/mol. The second kappa shape index (κ2) is 41.9. The van der Waals surface area contributed by atoms with Crippen molar-refractivity contribution in [2.75, 3.05) is 26.4 Å². The van der Waals surface area contributed by atoms with E-state index < -0.39 is 130 Å². The van der Waals surface area contributed by atoms with E-state index >= 15 is 0 Å². The minimum atomic E-state index is -1.99. The number of unbranched alkanes of at least 4 members (excludes halogenated alkanes) is 27. The summed E-state index contributed by atoms with van der Waals surface area (Å²) in [5, 5.41) is 113. The zero-order valence-corrected chi connectivity index (χ0v) is 47.7. The number of hydrogen-bond acceptors (Lipinski definition) is 18. The topological polar surface area (TPSA) is 316 Å². The van der Waals surface area contributed by atoms with Crippen molar-refractivity contribution in [1.82, 2.24) is 10.6 Å². The fourth-order valence-corrected chi connectivity index (χ4v) is 10.6. The Labute approximate surface area is 466 Å². The van der Waals surface area contributed by atoms with Crippen LogP contribution in [0.1, 0.15) is 213 Å². The highest BCUT2D eigenvalue weighted by Crippen LogP contribution is 2.33. The van der Waals surface area contributed by atoms with Crippen molar-refractivity contribution in [3.05, 3.63) is 12.2 Å². The Morgan fingerprint density at radius 3 is 1.35 bits per heavy atom. The quantitative estimate of drug-likeness (QED) is 0.0290. The number of aliphatic hydroxyl groups excluding tert-OH is 10. The van der Waals surface area contributed by atoms with Gasteiger partial charge in [-0.2, -0.15) is 0 Å². The number of aliphatic hydroxyl groups is 10. The van der Waals surface area contributed by atoms with Crippen LogP contribution in [0.2, 0.25) is 0 Å². The van der Waals surface area contributed by atoms with Gasteiger partial charge in [0.05, 0.1) is 38.6 Å². The largest absolute Gasteiger partial charge is 0.394 e. The van der Waals surface area contributed by atoms with E-state index in [4.69, 9.17) is 28.4 Å². The molecule has 0 aliphatic carbocycles. The molecule has 20 heteroatoms. The molecule has 0 saturated carbocycles. The number of hydrogen-bond donors (Lipinski definition) is 12. The van der Waals surface area contributed by atoms with Crippen LogP contribution in [0, 0.1) is 0 Å². The normalized spacial score (nSPS) is 30.4.